The SMILES string of the molecule is O=C1N[C@]2(CCCc3ccccc32)C(=O)N1Cc1ccc(F)cc1Cl. The number of hydrogen-bond acceptors (Lipinski definition) is 2. The second-order valence-corrected chi connectivity index (χ2v) is 6.88. The van der Waals surface area contributed by atoms with Crippen molar-refractivity contribution in [2.75, 3.05) is 0 Å². The molecule has 1 N–H and O–H groups in total. The fourth-order valence-corrected chi connectivity index (χ4v) is 4.00. The van der Waals surface area contributed by atoms with Crippen molar-refractivity contribution >= 4 is 23.5 Å². The van der Waals surface area contributed by atoms with Gasteiger partial charge in [0.1, 0.15) is 11.4 Å². The lowest BCUT2D eigenvalue weighted by Gasteiger charge is -2.33. The maximum atomic E-state index is 13.2. The van der Waals surface area contributed by atoms with Crippen LogP contribution in [0.4, 0.5) is 9.18 Å². The average molecular weight is 359 g/mol. The van der Waals surface area contributed by atoms with Crippen molar-refractivity contribution in [3.63, 3.8) is 0 Å². The zero-order valence-electron chi connectivity index (χ0n) is 13.4. The number of carbonyl (C=O) groups is 2. The predicted octanol–water partition coefficient (Wildman–Crippen LogP) is 3.76. The Hall–Kier alpha value is -2.40. The smallest absolute Gasteiger partial charge is 0.319 e. The summed E-state index contributed by atoms with van der Waals surface area (Å²) in [6.07, 6.45) is 2.29. The minimum absolute atomic E-state index is 0.0215. The first-order valence-electron chi connectivity index (χ1n) is 8.18. The van der Waals surface area contributed by atoms with E-state index in [1.807, 2.05) is 24.3 Å². The van der Waals surface area contributed by atoms with Gasteiger partial charge in [0, 0.05) is 5.02 Å². The quantitative estimate of drug-likeness (QED) is 0.831. The molecular weight excluding hydrogens is 343 g/mol. The number of nitrogens with zero attached hydrogens (tertiary/aromatic N) is 1. The number of halogens is 2. The van der Waals surface area contributed by atoms with E-state index in [0.717, 1.165) is 24.0 Å². The summed E-state index contributed by atoms with van der Waals surface area (Å²) >= 11 is 6.05. The second kappa shape index (κ2) is 5.85. The first-order chi connectivity index (χ1) is 12.0. The van der Waals surface area contributed by atoms with E-state index < -0.39 is 17.4 Å². The molecule has 1 heterocycles. The van der Waals surface area contributed by atoms with Crippen molar-refractivity contribution in [3.8, 4) is 0 Å². The van der Waals surface area contributed by atoms with Gasteiger partial charge >= 0.3 is 6.03 Å². The summed E-state index contributed by atoms with van der Waals surface area (Å²) in [5.41, 5.74) is 1.49. The number of rotatable bonds is 2. The zero-order chi connectivity index (χ0) is 17.6. The number of imide groups is 1. The molecule has 1 atom stereocenters. The molecule has 1 saturated heterocycles. The lowest BCUT2D eigenvalue weighted by molar-refractivity contribution is -0.132. The molecule has 1 aliphatic carbocycles. The van der Waals surface area contributed by atoms with Gasteiger partial charge in [-0.3, -0.25) is 9.69 Å². The molecule has 1 aliphatic heterocycles. The third-order valence-electron chi connectivity index (χ3n) is 4.99. The van der Waals surface area contributed by atoms with E-state index in [0.29, 0.717) is 12.0 Å². The molecule has 0 saturated carbocycles. The summed E-state index contributed by atoms with van der Waals surface area (Å²) in [6, 6.07) is 11.2. The van der Waals surface area contributed by atoms with Crippen LogP contribution in [0, 0.1) is 5.82 Å². The van der Waals surface area contributed by atoms with E-state index in [9.17, 15) is 14.0 Å². The number of nitrogens with one attached hydrogen (secondary N) is 1. The Bertz CT molecular complexity index is 885. The summed E-state index contributed by atoms with van der Waals surface area (Å²) in [5, 5.41) is 3.10. The van der Waals surface area contributed by atoms with Crippen molar-refractivity contribution < 1.29 is 14.0 Å². The molecule has 2 aliphatic rings. The molecule has 0 radical (unpaired) electrons. The normalized spacial score (nSPS) is 22.2. The van der Waals surface area contributed by atoms with Crippen LogP contribution >= 0.6 is 11.6 Å². The van der Waals surface area contributed by atoms with E-state index in [1.165, 1.54) is 23.1 Å². The van der Waals surface area contributed by atoms with Gasteiger partial charge in [-0.05, 0) is 48.1 Å². The third kappa shape index (κ3) is 2.50. The first-order valence-corrected chi connectivity index (χ1v) is 8.55. The fourth-order valence-electron chi connectivity index (χ4n) is 3.78. The Morgan fingerprint density at radius 3 is 2.80 bits per heavy atom. The molecule has 3 amide bonds. The standard InChI is InChI=1S/C19H16ClFN2O2/c20-16-10-14(21)8-7-13(16)11-23-17(24)19(22-18(23)25)9-3-5-12-4-1-2-6-15(12)19/h1-2,4,6-8,10H,3,5,9,11H2,(H,22,25)/t19-/m0/s1. The molecule has 4 nitrogen and oxygen atoms in total. The highest BCUT2D eigenvalue weighted by Crippen LogP contribution is 2.40. The molecule has 0 aromatic heterocycles. The van der Waals surface area contributed by atoms with E-state index in [2.05, 4.69) is 5.32 Å². The Morgan fingerprint density at radius 2 is 2.00 bits per heavy atom. The van der Waals surface area contributed by atoms with Crippen molar-refractivity contribution in [3.05, 3.63) is 70.0 Å². The first kappa shape index (κ1) is 16.1. The van der Waals surface area contributed by atoms with Crippen LogP contribution < -0.4 is 5.32 Å². The number of amides is 3. The van der Waals surface area contributed by atoms with Crippen LogP contribution in [0.1, 0.15) is 29.5 Å². The molecule has 0 bridgehead atoms. The van der Waals surface area contributed by atoms with Gasteiger partial charge in [0.05, 0.1) is 6.54 Å². The largest absolute Gasteiger partial charge is 0.325 e. The van der Waals surface area contributed by atoms with E-state index >= 15 is 0 Å². The molecule has 2 aromatic carbocycles. The lowest BCUT2D eigenvalue weighted by Crippen LogP contribution is -2.46. The van der Waals surface area contributed by atoms with Crippen LogP contribution in [-0.4, -0.2) is 16.8 Å². The minimum Gasteiger partial charge on any atom is -0.319 e. The van der Waals surface area contributed by atoms with E-state index in [4.69, 9.17) is 11.6 Å². The van der Waals surface area contributed by atoms with Gasteiger partial charge in [0.2, 0.25) is 0 Å². The molecule has 4 rings (SSSR count). The predicted molar refractivity (Wildman–Crippen MR) is 91.5 cm³/mol. The summed E-state index contributed by atoms with van der Waals surface area (Å²) < 4.78 is 13.2. The Kier molecular flexibility index (Phi) is 3.76. The van der Waals surface area contributed by atoms with Crippen LogP contribution in [0.25, 0.3) is 0 Å². The average Bonchev–Trinajstić information content (AvgIpc) is 2.82. The topological polar surface area (TPSA) is 49.4 Å². The number of fused-ring (bicyclic) bond motifs is 2. The summed E-state index contributed by atoms with van der Waals surface area (Å²) in [5.74, 6) is -0.728. The second-order valence-electron chi connectivity index (χ2n) is 6.47. The Balaban J connectivity index is 1.70. The zero-order valence-corrected chi connectivity index (χ0v) is 14.1. The van der Waals surface area contributed by atoms with Gasteiger partial charge in [-0.2, -0.15) is 0 Å². The van der Waals surface area contributed by atoms with Gasteiger partial charge in [0.25, 0.3) is 5.91 Å². The van der Waals surface area contributed by atoms with Crippen LogP contribution in [0.3, 0.4) is 0 Å². The molecule has 1 spiro atoms. The molecule has 0 unspecified atom stereocenters. The highest BCUT2D eigenvalue weighted by atomic mass is 35.5. The molecule has 2 aromatic rings. The fraction of sp³-hybridized carbons (Fsp3) is 0.263. The molecular formula is C19H16ClFN2O2. The van der Waals surface area contributed by atoms with Gasteiger partial charge in [0.15, 0.2) is 0 Å². The summed E-state index contributed by atoms with van der Waals surface area (Å²) in [6.45, 7) is 0.0215. The van der Waals surface area contributed by atoms with Crippen LogP contribution in [0.2, 0.25) is 5.02 Å². The number of hydrogen-bond donors (Lipinski definition) is 1. The monoisotopic (exact) mass is 358 g/mol. The van der Waals surface area contributed by atoms with Crippen molar-refractivity contribution in [1.29, 1.82) is 0 Å². The maximum Gasteiger partial charge on any atom is 0.325 e. The number of benzene rings is 2. The highest BCUT2D eigenvalue weighted by Gasteiger charge is 2.53. The molecule has 128 valence electrons. The Morgan fingerprint density at radius 1 is 1.20 bits per heavy atom. The maximum absolute atomic E-state index is 13.2. The van der Waals surface area contributed by atoms with Crippen molar-refractivity contribution in [1.82, 2.24) is 10.2 Å². The molecule has 6 heteroatoms. The van der Waals surface area contributed by atoms with Gasteiger partial charge in [-0.1, -0.05) is 41.9 Å². The summed E-state index contributed by atoms with van der Waals surface area (Å²) in [7, 11) is 0. The van der Waals surface area contributed by atoms with Crippen LogP contribution in [0.5, 0.6) is 0 Å². The summed E-state index contributed by atoms with van der Waals surface area (Å²) in [4.78, 5) is 26.9. The lowest BCUT2D eigenvalue weighted by atomic mass is 9.76. The van der Waals surface area contributed by atoms with Crippen LogP contribution in [0.15, 0.2) is 42.5 Å². The minimum atomic E-state index is -1.00. The van der Waals surface area contributed by atoms with E-state index in [-0.39, 0.29) is 17.5 Å². The van der Waals surface area contributed by atoms with E-state index in [1.54, 1.807) is 0 Å². The van der Waals surface area contributed by atoms with Gasteiger partial charge in [-0.25, -0.2) is 9.18 Å². The van der Waals surface area contributed by atoms with Crippen LogP contribution in [-0.2, 0) is 23.3 Å². The third-order valence-corrected chi connectivity index (χ3v) is 5.35. The highest BCUT2D eigenvalue weighted by molar-refractivity contribution is 6.31. The number of urea groups is 1. The van der Waals surface area contributed by atoms with Gasteiger partial charge in [-0.15, -0.1) is 0 Å². The van der Waals surface area contributed by atoms with Crippen molar-refractivity contribution in [2.45, 2.75) is 31.3 Å². The molecule has 1 fully saturated rings. The molecule has 25 heavy (non-hydrogen) atoms. The van der Waals surface area contributed by atoms with Gasteiger partial charge < -0.3 is 5.32 Å². The van der Waals surface area contributed by atoms with Crippen molar-refractivity contribution in [2.24, 2.45) is 0 Å². The Labute approximate surface area is 149 Å². The number of aryl methyl sites for hydroxylation is 1. The number of carbonyl (C=O) groups excluding carboxylic acids is 2.